The number of rotatable bonds is 3. The van der Waals surface area contributed by atoms with Crippen molar-refractivity contribution >= 4 is 16.3 Å². The first-order valence-corrected chi connectivity index (χ1v) is 10.3. The van der Waals surface area contributed by atoms with Gasteiger partial charge in [0.2, 0.25) is 4.96 Å². The van der Waals surface area contributed by atoms with Crippen LogP contribution in [0, 0.1) is 0 Å². The van der Waals surface area contributed by atoms with Crippen LogP contribution in [0.5, 0.6) is 0 Å². The Hall–Kier alpha value is -2.10. The SMILES string of the molecule is CCc1nn2c(=O)cc(CN3CCC4(CC3)OCCc3cn[nH]c34)nc2s1. The quantitative estimate of drug-likeness (QED) is 0.734. The molecule has 0 amide bonds. The third-order valence-corrected chi connectivity index (χ3v) is 6.67. The van der Waals surface area contributed by atoms with Crippen LogP contribution >= 0.6 is 11.3 Å². The maximum absolute atomic E-state index is 12.3. The molecule has 0 radical (unpaired) electrons. The van der Waals surface area contributed by atoms with Gasteiger partial charge in [-0.15, -0.1) is 0 Å². The summed E-state index contributed by atoms with van der Waals surface area (Å²) in [7, 11) is 0. The van der Waals surface area contributed by atoms with Gasteiger partial charge in [-0.1, -0.05) is 18.3 Å². The number of aromatic amines is 1. The van der Waals surface area contributed by atoms with E-state index in [-0.39, 0.29) is 11.2 Å². The molecule has 1 saturated heterocycles. The van der Waals surface area contributed by atoms with Gasteiger partial charge in [0, 0.05) is 25.7 Å². The molecular weight excluding hydrogens is 364 g/mol. The van der Waals surface area contributed by atoms with Gasteiger partial charge in [-0.05, 0) is 31.2 Å². The zero-order valence-electron chi connectivity index (χ0n) is 15.3. The Labute approximate surface area is 160 Å². The molecule has 1 spiro atoms. The molecule has 1 fully saturated rings. The second kappa shape index (κ2) is 6.50. The fraction of sp³-hybridized carbons (Fsp3) is 0.556. The van der Waals surface area contributed by atoms with Crippen LogP contribution in [0.25, 0.3) is 4.96 Å². The van der Waals surface area contributed by atoms with Crippen molar-refractivity contribution in [2.45, 2.75) is 44.8 Å². The Morgan fingerprint density at radius 1 is 1.37 bits per heavy atom. The van der Waals surface area contributed by atoms with E-state index in [0.29, 0.717) is 11.5 Å². The van der Waals surface area contributed by atoms with Crippen LogP contribution in [0.4, 0.5) is 0 Å². The summed E-state index contributed by atoms with van der Waals surface area (Å²) in [4.78, 5) is 20.0. The molecule has 2 aliphatic rings. The summed E-state index contributed by atoms with van der Waals surface area (Å²) in [5.41, 5.74) is 2.92. The van der Waals surface area contributed by atoms with Crippen LogP contribution in [0.3, 0.4) is 0 Å². The number of ether oxygens (including phenoxy) is 1. The highest BCUT2D eigenvalue weighted by atomic mass is 32.1. The number of H-pyrrole nitrogens is 1. The van der Waals surface area contributed by atoms with E-state index < -0.39 is 0 Å². The normalized spacial score (nSPS) is 19.6. The summed E-state index contributed by atoms with van der Waals surface area (Å²) in [6, 6.07) is 1.61. The molecule has 3 aromatic rings. The maximum Gasteiger partial charge on any atom is 0.275 e. The Morgan fingerprint density at radius 2 is 2.22 bits per heavy atom. The van der Waals surface area contributed by atoms with Gasteiger partial charge in [0.05, 0.1) is 24.2 Å². The van der Waals surface area contributed by atoms with E-state index in [9.17, 15) is 4.79 Å². The Balaban J connectivity index is 1.33. The average Bonchev–Trinajstić information content (AvgIpc) is 3.31. The third kappa shape index (κ3) is 2.90. The standard InChI is InChI=1S/C18H22N6O2S/c1-2-14-22-24-15(25)9-13(20-17(24)27-14)11-23-6-4-18(5-7-23)16-12(3-8-26-18)10-19-21-16/h9-10H,2-8,11H2,1H3,(H,19,21). The van der Waals surface area contributed by atoms with Crippen LogP contribution in [-0.4, -0.2) is 49.4 Å². The van der Waals surface area contributed by atoms with E-state index in [0.717, 1.165) is 61.8 Å². The van der Waals surface area contributed by atoms with E-state index in [4.69, 9.17) is 4.74 Å². The van der Waals surface area contributed by atoms with Crippen LogP contribution in [0.1, 0.15) is 41.7 Å². The molecule has 5 rings (SSSR count). The summed E-state index contributed by atoms with van der Waals surface area (Å²) in [5.74, 6) is 0. The van der Waals surface area contributed by atoms with Gasteiger partial charge in [-0.2, -0.15) is 14.7 Å². The first-order chi connectivity index (χ1) is 13.2. The number of likely N-dealkylation sites (tertiary alicyclic amines) is 1. The minimum atomic E-state index is -0.231. The van der Waals surface area contributed by atoms with E-state index in [1.807, 2.05) is 13.1 Å². The largest absolute Gasteiger partial charge is 0.368 e. The monoisotopic (exact) mass is 386 g/mol. The number of hydrogen-bond acceptors (Lipinski definition) is 7. The number of piperidine rings is 1. The average molecular weight is 386 g/mol. The van der Waals surface area contributed by atoms with Crippen molar-refractivity contribution < 1.29 is 4.74 Å². The fourth-order valence-electron chi connectivity index (χ4n) is 4.14. The second-order valence-corrected chi connectivity index (χ2v) is 8.31. The van der Waals surface area contributed by atoms with Crippen LogP contribution in [0.15, 0.2) is 17.1 Å². The lowest BCUT2D eigenvalue weighted by Crippen LogP contribution is -2.46. The molecule has 9 heteroatoms. The summed E-state index contributed by atoms with van der Waals surface area (Å²) in [6.45, 7) is 5.28. The molecule has 1 N–H and O–H groups in total. The highest BCUT2D eigenvalue weighted by Crippen LogP contribution is 2.40. The van der Waals surface area contributed by atoms with Gasteiger partial charge in [0.1, 0.15) is 10.6 Å². The van der Waals surface area contributed by atoms with Gasteiger partial charge < -0.3 is 4.74 Å². The van der Waals surface area contributed by atoms with Crippen LogP contribution in [0.2, 0.25) is 0 Å². The summed E-state index contributed by atoms with van der Waals surface area (Å²) < 4.78 is 7.62. The lowest BCUT2D eigenvalue weighted by Gasteiger charge is -2.43. The van der Waals surface area contributed by atoms with Crippen LogP contribution in [-0.2, 0) is 29.7 Å². The zero-order chi connectivity index (χ0) is 18.4. The van der Waals surface area contributed by atoms with Crippen molar-refractivity contribution in [2.75, 3.05) is 19.7 Å². The molecule has 3 aromatic heterocycles. The lowest BCUT2D eigenvalue weighted by molar-refractivity contribution is -0.102. The molecule has 0 aliphatic carbocycles. The first kappa shape index (κ1) is 17.0. The van der Waals surface area contributed by atoms with Gasteiger partial charge >= 0.3 is 0 Å². The summed E-state index contributed by atoms with van der Waals surface area (Å²) >= 11 is 1.49. The van der Waals surface area contributed by atoms with Crippen molar-refractivity contribution in [1.82, 2.24) is 29.7 Å². The van der Waals surface area contributed by atoms with Gasteiger partial charge in [0.25, 0.3) is 5.56 Å². The Kier molecular flexibility index (Phi) is 4.10. The molecule has 2 aliphatic heterocycles. The molecular formula is C18H22N6O2S. The maximum atomic E-state index is 12.3. The predicted octanol–water partition coefficient (Wildman–Crippen LogP) is 1.50. The molecule has 0 unspecified atom stereocenters. The second-order valence-electron chi connectivity index (χ2n) is 7.27. The Bertz CT molecular complexity index is 1030. The number of nitrogens with zero attached hydrogens (tertiary/aromatic N) is 5. The number of fused-ring (bicyclic) bond motifs is 3. The number of hydrogen-bond donors (Lipinski definition) is 1. The smallest absolute Gasteiger partial charge is 0.275 e. The Morgan fingerprint density at radius 3 is 3.04 bits per heavy atom. The van der Waals surface area contributed by atoms with E-state index in [1.165, 1.54) is 21.4 Å². The van der Waals surface area contributed by atoms with Crippen molar-refractivity contribution in [3.63, 3.8) is 0 Å². The van der Waals surface area contributed by atoms with Crippen molar-refractivity contribution in [2.24, 2.45) is 0 Å². The minimum absolute atomic E-state index is 0.0999. The molecule has 5 heterocycles. The first-order valence-electron chi connectivity index (χ1n) is 9.44. The highest BCUT2D eigenvalue weighted by Gasteiger charge is 2.42. The van der Waals surface area contributed by atoms with Crippen molar-refractivity contribution in [1.29, 1.82) is 0 Å². The summed E-state index contributed by atoms with van der Waals surface area (Å²) in [6.07, 6.45) is 5.51. The third-order valence-electron chi connectivity index (χ3n) is 5.61. The van der Waals surface area contributed by atoms with Crippen molar-refractivity contribution in [3.05, 3.63) is 44.6 Å². The van der Waals surface area contributed by atoms with E-state index >= 15 is 0 Å². The number of nitrogens with one attached hydrogen (secondary N) is 1. The minimum Gasteiger partial charge on any atom is -0.368 e. The van der Waals surface area contributed by atoms with E-state index in [1.54, 1.807) is 6.07 Å². The van der Waals surface area contributed by atoms with Gasteiger partial charge in [-0.3, -0.25) is 14.8 Å². The molecule has 142 valence electrons. The number of aromatic nitrogens is 5. The van der Waals surface area contributed by atoms with Gasteiger partial charge in [-0.25, -0.2) is 4.98 Å². The summed E-state index contributed by atoms with van der Waals surface area (Å²) in [5, 5.41) is 12.6. The fourth-order valence-corrected chi connectivity index (χ4v) is 5.00. The highest BCUT2D eigenvalue weighted by molar-refractivity contribution is 7.16. The molecule has 0 bridgehead atoms. The molecule has 0 saturated carbocycles. The molecule has 0 aromatic carbocycles. The van der Waals surface area contributed by atoms with Crippen molar-refractivity contribution in [3.8, 4) is 0 Å². The number of aryl methyl sites for hydroxylation is 1. The predicted molar refractivity (Wildman–Crippen MR) is 101 cm³/mol. The van der Waals surface area contributed by atoms with Crippen LogP contribution < -0.4 is 5.56 Å². The molecule has 8 nitrogen and oxygen atoms in total. The topological polar surface area (TPSA) is 88.4 Å². The zero-order valence-corrected chi connectivity index (χ0v) is 16.1. The molecule has 0 atom stereocenters. The lowest BCUT2D eigenvalue weighted by atomic mass is 9.84. The molecule has 27 heavy (non-hydrogen) atoms. The van der Waals surface area contributed by atoms with E-state index in [2.05, 4.69) is 25.2 Å². The van der Waals surface area contributed by atoms with Gasteiger partial charge in [0.15, 0.2) is 0 Å².